The van der Waals surface area contributed by atoms with Crippen molar-refractivity contribution in [2.24, 2.45) is 4.99 Å². The highest BCUT2D eigenvalue weighted by atomic mass is 19.1. The van der Waals surface area contributed by atoms with Gasteiger partial charge in [0, 0.05) is 38.2 Å². The van der Waals surface area contributed by atoms with E-state index in [4.69, 9.17) is 0 Å². The highest BCUT2D eigenvalue weighted by molar-refractivity contribution is 5.79. The minimum Gasteiger partial charge on any atom is -0.357 e. The molecule has 0 aromatic heterocycles. The molecule has 2 aromatic carbocycles. The van der Waals surface area contributed by atoms with Crippen LogP contribution in [0.25, 0.3) is 0 Å². The minimum atomic E-state index is -0.471. The van der Waals surface area contributed by atoms with Gasteiger partial charge in [-0.2, -0.15) is 0 Å². The number of nitrogens with zero attached hydrogens (tertiary/aromatic N) is 2. The number of aliphatic imine (C=N–C) groups is 1. The molecule has 0 bridgehead atoms. The second kappa shape index (κ2) is 10.0. The third-order valence-corrected chi connectivity index (χ3v) is 4.79. The lowest BCUT2D eigenvalue weighted by atomic mass is 10.1. The fourth-order valence-corrected chi connectivity index (χ4v) is 3.21. The van der Waals surface area contributed by atoms with Gasteiger partial charge in [-0.05, 0) is 42.7 Å². The largest absolute Gasteiger partial charge is 0.357 e. The highest BCUT2D eigenvalue weighted by Gasteiger charge is 2.19. The number of guanidine groups is 1. The molecule has 0 unspecified atom stereocenters. The van der Waals surface area contributed by atoms with Crippen molar-refractivity contribution in [3.63, 3.8) is 0 Å². The van der Waals surface area contributed by atoms with Crippen molar-refractivity contribution in [3.05, 3.63) is 70.8 Å². The molecule has 1 aliphatic rings. The van der Waals surface area contributed by atoms with Crippen LogP contribution in [0.4, 0.5) is 8.78 Å². The molecule has 1 fully saturated rings. The van der Waals surface area contributed by atoms with E-state index in [0.29, 0.717) is 32.0 Å². The van der Waals surface area contributed by atoms with Gasteiger partial charge in [-0.1, -0.05) is 24.3 Å². The molecule has 5 nitrogen and oxygen atoms in total. The van der Waals surface area contributed by atoms with Gasteiger partial charge in [-0.15, -0.1) is 0 Å². The monoisotopic (exact) mass is 400 g/mol. The van der Waals surface area contributed by atoms with Crippen LogP contribution in [-0.2, 0) is 24.4 Å². The molecule has 0 atom stereocenters. The van der Waals surface area contributed by atoms with Crippen molar-refractivity contribution in [2.75, 3.05) is 13.1 Å². The van der Waals surface area contributed by atoms with E-state index < -0.39 is 11.6 Å². The fourth-order valence-electron chi connectivity index (χ4n) is 3.21. The summed E-state index contributed by atoms with van der Waals surface area (Å²) in [5.74, 6) is -0.180. The first kappa shape index (κ1) is 20.8. The van der Waals surface area contributed by atoms with Crippen LogP contribution in [0, 0.1) is 11.6 Å². The van der Waals surface area contributed by atoms with E-state index in [-0.39, 0.29) is 18.0 Å². The summed E-state index contributed by atoms with van der Waals surface area (Å²) >= 11 is 0. The number of hydrogen-bond acceptors (Lipinski definition) is 2. The molecule has 7 heteroatoms. The lowest BCUT2D eigenvalue weighted by Crippen LogP contribution is -2.37. The molecule has 29 heavy (non-hydrogen) atoms. The summed E-state index contributed by atoms with van der Waals surface area (Å²) in [4.78, 5) is 18.1. The Labute approximate surface area is 169 Å². The zero-order chi connectivity index (χ0) is 20.6. The Morgan fingerprint density at radius 2 is 1.86 bits per heavy atom. The van der Waals surface area contributed by atoms with Gasteiger partial charge in [-0.3, -0.25) is 4.79 Å². The van der Waals surface area contributed by atoms with Gasteiger partial charge in [0.1, 0.15) is 11.6 Å². The quantitative estimate of drug-likeness (QED) is 0.554. The summed E-state index contributed by atoms with van der Waals surface area (Å²) in [7, 11) is 0. The van der Waals surface area contributed by atoms with Gasteiger partial charge >= 0.3 is 0 Å². The lowest BCUT2D eigenvalue weighted by molar-refractivity contribution is -0.128. The molecule has 0 radical (unpaired) electrons. The average Bonchev–Trinajstić information content (AvgIpc) is 3.12. The van der Waals surface area contributed by atoms with Crippen LogP contribution in [0.1, 0.15) is 36.5 Å². The molecule has 0 saturated carbocycles. The van der Waals surface area contributed by atoms with E-state index in [0.717, 1.165) is 36.2 Å². The summed E-state index contributed by atoms with van der Waals surface area (Å²) in [5.41, 5.74) is 2.37. The second-order valence-corrected chi connectivity index (χ2v) is 7.02. The van der Waals surface area contributed by atoms with Gasteiger partial charge in [0.15, 0.2) is 5.96 Å². The standard InChI is InChI=1S/C22H26F2N4O/c1-2-25-22(27-14-18-12-19(23)9-10-20(18)24)26-13-16-5-7-17(8-6-16)15-28-11-3-4-21(28)29/h5-10,12H,2-4,11,13-15H2,1H3,(H2,25,26,27). The van der Waals surface area contributed by atoms with Crippen LogP contribution in [-0.4, -0.2) is 29.9 Å². The number of benzene rings is 2. The zero-order valence-corrected chi connectivity index (χ0v) is 16.5. The van der Waals surface area contributed by atoms with Crippen molar-refractivity contribution in [1.29, 1.82) is 0 Å². The molecular weight excluding hydrogens is 374 g/mol. The third-order valence-electron chi connectivity index (χ3n) is 4.79. The summed E-state index contributed by atoms with van der Waals surface area (Å²) in [6, 6.07) is 11.4. The molecule has 1 aliphatic heterocycles. The van der Waals surface area contributed by atoms with Gasteiger partial charge < -0.3 is 15.5 Å². The lowest BCUT2D eigenvalue weighted by Gasteiger charge is -2.15. The number of rotatable bonds is 7. The Bertz CT molecular complexity index is 868. The predicted molar refractivity (Wildman–Crippen MR) is 109 cm³/mol. The van der Waals surface area contributed by atoms with Crippen molar-refractivity contribution >= 4 is 11.9 Å². The first-order chi connectivity index (χ1) is 14.0. The van der Waals surface area contributed by atoms with E-state index >= 15 is 0 Å². The van der Waals surface area contributed by atoms with E-state index in [1.54, 1.807) is 0 Å². The summed E-state index contributed by atoms with van der Waals surface area (Å²) in [6.45, 7) is 4.65. The smallest absolute Gasteiger partial charge is 0.222 e. The Morgan fingerprint density at radius 3 is 2.55 bits per heavy atom. The van der Waals surface area contributed by atoms with Crippen LogP contribution in [0.2, 0.25) is 0 Å². The highest BCUT2D eigenvalue weighted by Crippen LogP contribution is 2.15. The number of likely N-dealkylation sites (tertiary alicyclic amines) is 1. The average molecular weight is 400 g/mol. The fraction of sp³-hybridized carbons (Fsp3) is 0.364. The number of carbonyl (C=O) groups excluding carboxylic acids is 1. The summed E-state index contributed by atoms with van der Waals surface area (Å²) in [5, 5.41) is 6.13. The van der Waals surface area contributed by atoms with E-state index in [1.807, 2.05) is 36.1 Å². The number of nitrogens with one attached hydrogen (secondary N) is 2. The van der Waals surface area contributed by atoms with E-state index in [1.165, 1.54) is 6.07 Å². The molecule has 1 saturated heterocycles. The molecule has 1 amide bonds. The normalized spacial score (nSPS) is 14.4. The molecule has 3 rings (SSSR count). The maximum Gasteiger partial charge on any atom is 0.222 e. The van der Waals surface area contributed by atoms with Crippen LogP contribution in [0.15, 0.2) is 47.5 Å². The topological polar surface area (TPSA) is 56.7 Å². The molecular formula is C22H26F2N4O. The van der Waals surface area contributed by atoms with Crippen molar-refractivity contribution < 1.29 is 13.6 Å². The third kappa shape index (κ3) is 6.01. The zero-order valence-electron chi connectivity index (χ0n) is 16.5. The van der Waals surface area contributed by atoms with Crippen LogP contribution in [0.5, 0.6) is 0 Å². The number of amides is 1. The first-order valence-electron chi connectivity index (χ1n) is 9.87. The van der Waals surface area contributed by atoms with E-state index in [2.05, 4.69) is 15.6 Å². The first-order valence-corrected chi connectivity index (χ1v) is 9.87. The van der Waals surface area contributed by atoms with Crippen molar-refractivity contribution in [2.45, 2.75) is 39.4 Å². The van der Waals surface area contributed by atoms with Crippen LogP contribution < -0.4 is 10.6 Å². The molecule has 1 heterocycles. The number of halogens is 2. The van der Waals surface area contributed by atoms with Gasteiger partial charge in [-0.25, -0.2) is 13.8 Å². The van der Waals surface area contributed by atoms with Gasteiger partial charge in [0.2, 0.25) is 5.91 Å². The Hall–Kier alpha value is -2.96. The predicted octanol–water partition coefficient (Wildman–Crippen LogP) is 3.34. The van der Waals surface area contributed by atoms with Gasteiger partial charge in [0.25, 0.3) is 0 Å². The number of hydrogen-bond donors (Lipinski definition) is 2. The van der Waals surface area contributed by atoms with Crippen molar-refractivity contribution in [3.8, 4) is 0 Å². The maximum atomic E-state index is 13.8. The van der Waals surface area contributed by atoms with Crippen LogP contribution in [0.3, 0.4) is 0 Å². The Balaban J connectivity index is 1.57. The Morgan fingerprint density at radius 1 is 1.10 bits per heavy atom. The molecule has 0 spiro atoms. The second-order valence-electron chi connectivity index (χ2n) is 7.02. The van der Waals surface area contributed by atoms with Crippen LogP contribution >= 0.6 is 0 Å². The Kier molecular flexibility index (Phi) is 7.16. The maximum absolute atomic E-state index is 13.8. The molecule has 2 aromatic rings. The molecule has 2 N–H and O–H groups in total. The number of carbonyl (C=O) groups is 1. The summed E-state index contributed by atoms with van der Waals surface area (Å²) < 4.78 is 27.1. The van der Waals surface area contributed by atoms with E-state index in [9.17, 15) is 13.6 Å². The van der Waals surface area contributed by atoms with Crippen molar-refractivity contribution in [1.82, 2.24) is 15.5 Å². The minimum absolute atomic E-state index is 0.137. The molecule has 0 aliphatic carbocycles. The van der Waals surface area contributed by atoms with Gasteiger partial charge in [0.05, 0.1) is 6.54 Å². The molecule has 154 valence electrons. The SMILES string of the molecule is CCNC(=NCc1ccc(CN2CCCC2=O)cc1)NCc1cc(F)ccc1F. The summed E-state index contributed by atoms with van der Waals surface area (Å²) in [6.07, 6.45) is 1.58.